The minimum atomic E-state index is -2.00. The number of esters is 1. The molecule has 0 heterocycles. The summed E-state index contributed by atoms with van der Waals surface area (Å²) in [5.74, 6) is -1.11. The van der Waals surface area contributed by atoms with Gasteiger partial charge in [-0.1, -0.05) is 40.9 Å². The summed E-state index contributed by atoms with van der Waals surface area (Å²) in [6.45, 7) is 1.65. The number of Topliss-reactive ketones (excluding diaryl/α,β-unsaturated/α-hetero) is 1. The quantitative estimate of drug-likeness (QED) is 0.477. The Balaban J connectivity index is 3.15. The third-order valence-corrected chi connectivity index (χ3v) is 2.66. The Labute approximate surface area is 114 Å². The van der Waals surface area contributed by atoms with Crippen molar-refractivity contribution in [2.24, 2.45) is 0 Å². The number of methoxy groups -OCH3 is 1. The van der Waals surface area contributed by atoms with Gasteiger partial charge in [0, 0.05) is 5.56 Å². The van der Waals surface area contributed by atoms with E-state index in [0.717, 1.165) is 0 Å². The van der Waals surface area contributed by atoms with Crippen molar-refractivity contribution in [2.45, 2.75) is 10.7 Å². The summed E-state index contributed by atoms with van der Waals surface area (Å²) in [5.41, 5.74) is 1.15. The molecule has 0 unspecified atom stereocenters. The second-order valence-corrected chi connectivity index (χ2v) is 5.63. The molecule has 0 saturated heterocycles. The van der Waals surface area contributed by atoms with Crippen LogP contribution in [0.15, 0.2) is 18.2 Å². The molecular formula is C11H9Cl3O3. The minimum Gasteiger partial charge on any atom is -0.465 e. The van der Waals surface area contributed by atoms with E-state index in [1.807, 2.05) is 0 Å². The number of aryl methyl sites for hydroxylation is 1. The molecule has 0 radical (unpaired) electrons. The second-order valence-electron chi connectivity index (χ2n) is 3.35. The number of ketones is 1. The molecular weight excluding hydrogens is 286 g/mol. The standard InChI is InChI=1S/C11H9Cl3O3/c1-6-5-7(10(16)17-2)3-4-8(6)9(15)11(12,13)14/h3-5H,1-2H3. The molecule has 0 aliphatic heterocycles. The highest BCUT2D eigenvalue weighted by Gasteiger charge is 2.32. The van der Waals surface area contributed by atoms with Crippen molar-refractivity contribution in [3.63, 3.8) is 0 Å². The molecule has 1 aromatic carbocycles. The zero-order chi connectivity index (χ0) is 13.2. The van der Waals surface area contributed by atoms with Gasteiger partial charge in [0.2, 0.25) is 5.78 Å². The smallest absolute Gasteiger partial charge is 0.337 e. The Bertz CT molecular complexity index is 464. The molecule has 0 aliphatic carbocycles. The summed E-state index contributed by atoms with van der Waals surface area (Å²) >= 11 is 16.5. The largest absolute Gasteiger partial charge is 0.465 e. The first kappa shape index (κ1) is 14.3. The molecule has 1 rings (SSSR count). The number of hydrogen-bond acceptors (Lipinski definition) is 3. The van der Waals surface area contributed by atoms with Crippen molar-refractivity contribution in [3.05, 3.63) is 34.9 Å². The van der Waals surface area contributed by atoms with Crippen LogP contribution in [0.25, 0.3) is 0 Å². The normalized spacial score (nSPS) is 11.1. The van der Waals surface area contributed by atoms with E-state index in [2.05, 4.69) is 4.74 Å². The van der Waals surface area contributed by atoms with Crippen molar-refractivity contribution >= 4 is 46.6 Å². The number of alkyl halides is 3. The van der Waals surface area contributed by atoms with E-state index in [9.17, 15) is 9.59 Å². The molecule has 0 bridgehead atoms. The van der Waals surface area contributed by atoms with Gasteiger partial charge in [0.1, 0.15) is 0 Å². The first-order chi connectivity index (χ1) is 7.77. The Morgan fingerprint density at radius 1 is 1.24 bits per heavy atom. The average molecular weight is 296 g/mol. The van der Waals surface area contributed by atoms with Gasteiger partial charge >= 0.3 is 5.97 Å². The highest BCUT2D eigenvalue weighted by Crippen LogP contribution is 2.31. The average Bonchev–Trinajstić information content (AvgIpc) is 2.25. The van der Waals surface area contributed by atoms with Gasteiger partial charge in [-0.25, -0.2) is 4.79 Å². The number of carbonyl (C=O) groups excluding carboxylic acids is 2. The molecule has 0 spiro atoms. The minimum absolute atomic E-state index is 0.262. The molecule has 0 aromatic heterocycles. The lowest BCUT2D eigenvalue weighted by atomic mass is 10.0. The van der Waals surface area contributed by atoms with E-state index in [1.165, 1.54) is 25.3 Å². The lowest BCUT2D eigenvalue weighted by Crippen LogP contribution is -2.20. The topological polar surface area (TPSA) is 43.4 Å². The highest BCUT2D eigenvalue weighted by molar-refractivity contribution is 6.77. The monoisotopic (exact) mass is 294 g/mol. The van der Waals surface area contributed by atoms with Gasteiger partial charge in [0.25, 0.3) is 3.79 Å². The summed E-state index contributed by atoms with van der Waals surface area (Å²) in [5, 5.41) is 0. The number of ether oxygens (including phenoxy) is 1. The molecule has 0 atom stereocenters. The fraction of sp³-hybridized carbons (Fsp3) is 0.273. The van der Waals surface area contributed by atoms with Crippen molar-refractivity contribution < 1.29 is 14.3 Å². The summed E-state index contributed by atoms with van der Waals surface area (Å²) in [7, 11) is 1.28. The van der Waals surface area contributed by atoms with Crippen LogP contribution in [-0.4, -0.2) is 22.7 Å². The van der Waals surface area contributed by atoms with E-state index in [0.29, 0.717) is 11.1 Å². The van der Waals surface area contributed by atoms with Gasteiger partial charge < -0.3 is 4.74 Å². The summed E-state index contributed by atoms with van der Waals surface area (Å²) < 4.78 is 2.55. The zero-order valence-corrected chi connectivity index (χ0v) is 11.4. The molecule has 17 heavy (non-hydrogen) atoms. The van der Waals surface area contributed by atoms with Gasteiger partial charge in [-0.15, -0.1) is 0 Å². The zero-order valence-electron chi connectivity index (χ0n) is 9.09. The van der Waals surface area contributed by atoms with Crippen LogP contribution < -0.4 is 0 Å². The number of hydrogen-bond donors (Lipinski definition) is 0. The van der Waals surface area contributed by atoms with E-state index in [-0.39, 0.29) is 5.56 Å². The molecule has 0 amide bonds. The van der Waals surface area contributed by atoms with Crippen LogP contribution in [-0.2, 0) is 4.74 Å². The van der Waals surface area contributed by atoms with Gasteiger partial charge in [-0.2, -0.15) is 0 Å². The lowest BCUT2D eigenvalue weighted by molar-refractivity contribution is 0.0600. The molecule has 92 valence electrons. The van der Waals surface area contributed by atoms with Gasteiger partial charge in [0.05, 0.1) is 12.7 Å². The Morgan fingerprint density at radius 3 is 2.24 bits per heavy atom. The van der Waals surface area contributed by atoms with Crippen LogP contribution in [0.3, 0.4) is 0 Å². The summed E-state index contributed by atoms with van der Waals surface area (Å²) in [6.07, 6.45) is 0. The van der Waals surface area contributed by atoms with Crippen LogP contribution in [0.1, 0.15) is 26.3 Å². The third-order valence-electron chi connectivity index (χ3n) is 2.15. The number of carbonyl (C=O) groups is 2. The molecule has 3 nitrogen and oxygen atoms in total. The van der Waals surface area contributed by atoms with E-state index < -0.39 is 15.5 Å². The number of benzene rings is 1. The van der Waals surface area contributed by atoms with Crippen molar-refractivity contribution in [1.29, 1.82) is 0 Å². The SMILES string of the molecule is COC(=O)c1ccc(C(=O)C(Cl)(Cl)Cl)c(C)c1. The predicted molar refractivity (Wildman–Crippen MR) is 67.1 cm³/mol. The van der Waals surface area contributed by atoms with Crippen LogP contribution >= 0.6 is 34.8 Å². The molecule has 0 aliphatic rings. The van der Waals surface area contributed by atoms with Crippen LogP contribution in [0, 0.1) is 6.92 Å². The maximum atomic E-state index is 11.7. The van der Waals surface area contributed by atoms with E-state index in [4.69, 9.17) is 34.8 Å². The fourth-order valence-corrected chi connectivity index (χ4v) is 1.62. The van der Waals surface area contributed by atoms with Crippen LogP contribution in [0.5, 0.6) is 0 Å². The molecule has 1 aromatic rings. The van der Waals surface area contributed by atoms with Crippen molar-refractivity contribution in [2.75, 3.05) is 7.11 Å². The highest BCUT2D eigenvalue weighted by atomic mass is 35.6. The molecule has 0 N–H and O–H groups in total. The predicted octanol–water partition coefficient (Wildman–Crippen LogP) is 3.33. The lowest BCUT2D eigenvalue weighted by Gasteiger charge is -2.12. The van der Waals surface area contributed by atoms with Gasteiger partial charge in [-0.05, 0) is 24.6 Å². The Hall–Kier alpha value is -0.770. The number of halogens is 3. The van der Waals surface area contributed by atoms with Crippen molar-refractivity contribution in [1.82, 2.24) is 0 Å². The first-order valence-electron chi connectivity index (χ1n) is 4.58. The second kappa shape index (κ2) is 5.25. The number of rotatable bonds is 2. The van der Waals surface area contributed by atoms with Crippen LogP contribution in [0.2, 0.25) is 0 Å². The third kappa shape index (κ3) is 3.35. The summed E-state index contributed by atoms with van der Waals surface area (Å²) in [4.78, 5) is 23.0. The van der Waals surface area contributed by atoms with Gasteiger partial charge in [0.15, 0.2) is 0 Å². The van der Waals surface area contributed by atoms with E-state index >= 15 is 0 Å². The maximum absolute atomic E-state index is 11.7. The Morgan fingerprint density at radius 2 is 1.82 bits per heavy atom. The van der Waals surface area contributed by atoms with Crippen LogP contribution in [0.4, 0.5) is 0 Å². The fourth-order valence-electron chi connectivity index (χ4n) is 1.32. The first-order valence-corrected chi connectivity index (χ1v) is 5.71. The molecule has 0 fully saturated rings. The van der Waals surface area contributed by atoms with E-state index in [1.54, 1.807) is 6.92 Å². The Kier molecular flexibility index (Phi) is 4.42. The molecule has 0 saturated carbocycles. The summed E-state index contributed by atoms with van der Waals surface area (Å²) in [6, 6.07) is 4.39. The maximum Gasteiger partial charge on any atom is 0.337 e. The van der Waals surface area contributed by atoms with Crippen molar-refractivity contribution in [3.8, 4) is 0 Å². The molecule has 6 heteroatoms. The van der Waals surface area contributed by atoms with Gasteiger partial charge in [-0.3, -0.25) is 4.79 Å².